The maximum absolute atomic E-state index is 12.2. The second-order valence-electron chi connectivity index (χ2n) is 5.42. The van der Waals surface area contributed by atoms with Crippen molar-refractivity contribution in [2.45, 2.75) is 31.3 Å². The quantitative estimate of drug-likeness (QED) is 0.667. The van der Waals surface area contributed by atoms with Crippen LogP contribution in [0.15, 0.2) is 29.2 Å². The lowest BCUT2D eigenvalue weighted by Gasteiger charge is -2.22. The first-order chi connectivity index (χ1) is 9.02. The highest BCUT2D eigenvalue weighted by atomic mass is 32.2. The van der Waals surface area contributed by atoms with Crippen LogP contribution < -0.4 is 5.73 Å². The van der Waals surface area contributed by atoms with Crippen molar-refractivity contribution >= 4 is 21.7 Å². The molecular weight excluding hydrogens is 280 g/mol. The molecular formula is C13H20N2O4S. The van der Waals surface area contributed by atoms with E-state index in [1.165, 1.54) is 19.2 Å². The lowest BCUT2D eigenvalue weighted by molar-refractivity contribution is -0.154. The molecule has 2 N–H and O–H groups in total. The number of esters is 1. The minimum absolute atomic E-state index is 0.0450. The van der Waals surface area contributed by atoms with Crippen LogP contribution in [-0.4, -0.2) is 37.9 Å². The summed E-state index contributed by atoms with van der Waals surface area (Å²) < 4.78 is 30.5. The van der Waals surface area contributed by atoms with Gasteiger partial charge in [0.1, 0.15) is 12.1 Å². The van der Waals surface area contributed by atoms with Crippen molar-refractivity contribution < 1.29 is 17.9 Å². The average Bonchev–Trinajstić information content (AvgIpc) is 2.26. The molecule has 0 bridgehead atoms. The number of benzene rings is 1. The number of carbonyl (C=O) groups is 1. The lowest BCUT2D eigenvalue weighted by atomic mass is 10.2. The van der Waals surface area contributed by atoms with Crippen LogP contribution in [0.5, 0.6) is 0 Å². The Morgan fingerprint density at radius 3 is 2.45 bits per heavy atom. The molecule has 0 aliphatic heterocycles. The van der Waals surface area contributed by atoms with E-state index >= 15 is 0 Å². The standard InChI is InChI=1S/C13H20N2O4S/c1-13(2,3)19-12(16)9-15(4)20(17,18)11-7-5-6-10(14)8-11/h5-8H,9,14H2,1-4H3. The molecule has 0 aromatic heterocycles. The van der Waals surface area contributed by atoms with Gasteiger partial charge < -0.3 is 10.5 Å². The predicted molar refractivity (Wildman–Crippen MR) is 76.5 cm³/mol. The molecule has 1 aromatic rings. The Labute approximate surface area is 119 Å². The zero-order valence-electron chi connectivity index (χ0n) is 12.1. The van der Waals surface area contributed by atoms with E-state index in [1.54, 1.807) is 32.9 Å². The highest BCUT2D eigenvalue weighted by molar-refractivity contribution is 7.89. The van der Waals surface area contributed by atoms with Crippen LogP contribution in [0.1, 0.15) is 20.8 Å². The summed E-state index contributed by atoms with van der Waals surface area (Å²) in [5.74, 6) is -0.604. The summed E-state index contributed by atoms with van der Waals surface area (Å²) in [6.07, 6.45) is 0. The third-order valence-corrected chi connectivity index (χ3v) is 4.14. The molecule has 0 spiro atoms. The number of sulfonamides is 1. The molecule has 0 radical (unpaired) electrons. The van der Waals surface area contributed by atoms with E-state index in [4.69, 9.17) is 10.5 Å². The largest absolute Gasteiger partial charge is 0.459 e. The Bertz CT molecular complexity index is 591. The molecule has 112 valence electrons. The summed E-state index contributed by atoms with van der Waals surface area (Å²) in [6.45, 7) is 4.81. The zero-order valence-corrected chi connectivity index (χ0v) is 12.9. The van der Waals surface area contributed by atoms with Crippen molar-refractivity contribution in [3.8, 4) is 0 Å². The fraction of sp³-hybridized carbons (Fsp3) is 0.462. The van der Waals surface area contributed by atoms with E-state index in [-0.39, 0.29) is 11.4 Å². The molecule has 1 aromatic carbocycles. The molecule has 7 heteroatoms. The van der Waals surface area contributed by atoms with Gasteiger partial charge in [0.25, 0.3) is 0 Å². The minimum atomic E-state index is -3.76. The van der Waals surface area contributed by atoms with Gasteiger partial charge in [0.15, 0.2) is 0 Å². The van der Waals surface area contributed by atoms with Crippen molar-refractivity contribution in [3.05, 3.63) is 24.3 Å². The van der Waals surface area contributed by atoms with Gasteiger partial charge in [-0.1, -0.05) is 6.07 Å². The number of anilines is 1. The van der Waals surface area contributed by atoms with Crippen LogP contribution >= 0.6 is 0 Å². The van der Waals surface area contributed by atoms with Crippen molar-refractivity contribution in [3.63, 3.8) is 0 Å². The smallest absolute Gasteiger partial charge is 0.321 e. The SMILES string of the molecule is CN(CC(=O)OC(C)(C)C)S(=O)(=O)c1cccc(N)c1. The van der Waals surface area contributed by atoms with Gasteiger partial charge in [-0.2, -0.15) is 4.31 Å². The molecule has 0 saturated heterocycles. The molecule has 0 aliphatic rings. The summed E-state index contributed by atoms with van der Waals surface area (Å²) >= 11 is 0. The highest BCUT2D eigenvalue weighted by Gasteiger charge is 2.25. The molecule has 0 heterocycles. The summed E-state index contributed by atoms with van der Waals surface area (Å²) in [5, 5.41) is 0. The molecule has 0 atom stereocenters. The highest BCUT2D eigenvalue weighted by Crippen LogP contribution is 2.17. The Hall–Kier alpha value is -1.60. The molecule has 0 amide bonds. The Kier molecular flexibility index (Phi) is 4.77. The van der Waals surface area contributed by atoms with E-state index in [1.807, 2.05) is 0 Å². The maximum atomic E-state index is 12.2. The van der Waals surface area contributed by atoms with Crippen LogP contribution in [0.3, 0.4) is 0 Å². The number of ether oxygens (including phenoxy) is 1. The monoisotopic (exact) mass is 300 g/mol. The van der Waals surface area contributed by atoms with Gasteiger partial charge in [-0.15, -0.1) is 0 Å². The first-order valence-electron chi connectivity index (χ1n) is 6.06. The summed E-state index contributed by atoms with van der Waals surface area (Å²) in [6, 6.07) is 5.91. The van der Waals surface area contributed by atoms with E-state index in [0.29, 0.717) is 5.69 Å². The molecule has 0 unspecified atom stereocenters. The first-order valence-corrected chi connectivity index (χ1v) is 7.50. The fourth-order valence-electron chi connectivity index (χ4n) is 1.50. The molecule has 6 nitrogen and oxygen atoms in total. The van der Waals surface area contributed by atoms with Crippen molar-refractivity contribution in [2.24, 2.45) is 0 Å². The van der Waals surface area contributed by atoms with E-state index in [2.05, 4.69) is 0 Å². The number of likely N-dealkylation sites (N-methyl/N-ethyl adjacent to an activating group) is 1. The number of carbonyl (C=O) groups excluding carboxylic acids is 1. The van der Waals surface area contributed by atoms with Crippen LogP contribution in [0.4, 0.5) is 5.69 Å². The summed E-state index contributed by atoms with van der Waals surface area (Å²) in [4.78, 5) is 11.7. The number of nitrogens with zero attached hydrogens (tertiary/aromatic N) is 1. The Morgan fingerprint density at radius 2 is 1.95 bits per heavy atom. The Morgan fingerprint density at radius 1 is 1.35 bits per heavy atom. The number of nitrogens with two attached hydrogens (primary N) is 1. The van der Waals surface area contributed by atoms with Crippen LogP contribution in [0.2, 0.25) is 0 Å². The minimum Gasteiger partial charge on any atom is -0.459 e. The van der Waals surface area contributed by atoms with Crippen molar-refractivity contribution in [1.29, 1.82) is 0 Å². The van der Waals surface area contributed by atoms with E-state index < -0.39 is 21.6 Å². The van der Waals surface area contributed by atoms with E-state index in [9.17, 15) is 13.2 Å². The second-order valence-corrected chi connectivity index (χ2v) is 7.46. The predicted octanol–water partition coefficient (Wildman–Crippen LogP) is 1.23. The van der Waals surface area contributed by atoms with Crippen LogP contribution in [0, 0.1) is 0 Å². The summed E-state index contributed by atoms with van der Waals surface area (Å²) in [5.41, 5.74) is 5.26. The maximum Gasteiger partial charge on any atom is 0.321 e. The van der Waals surface area contributed by atoms with E-state index in [0.717, 1.165) is 4.31 Å². The first kappa shape index (κ1) is 16.5. The van der Waals surface area contributed by atoms with Gasteiger partial charge in [0, 0.05) is 12.7 Å². The van der Waals surface area contributed by atoms with Crippen LogP contribution in [0.25, 0.3) is 0 Å². The molecule has 0 aliphatic carbocycles. The zero-order chi connectivity index (χ0) is 15.6. The summed E-state index contributed by atoms with van der Waals surface area (Å²) in [7, 11) is -2.44. The van der Waals surface area contributed by atoms with Gasteiger partial charge in [0.05, 0.1) is 4.90 Å². The number of hydrogen-bond acceptors (Lipinski definition) is 5. The average molecular weight is 300 g/mol. The number of rotatable bonds is 4. The molecule has 20 heavy (non-hydrogen) atoms. The van der Waals surface area contributed by atoms with Gasteiger partial charge in [-0.3, -0.25) is 4.79 Å². The van der Waals surface area contributed by atoms with Gasteiger partial charge in [-0.25, -0.2) is 8.42 Å². The number of hydrogen-bond donors (Lipinski definition) is 1. The topological polar surface area (TPSA) is 89.7 Å². The third-order valence-electron chi connectivity index (χ3n) is 2.34. The Balaban J connectivity index is 2.86. The van der Waals surface area contributed by atoms with Gasteiger partial charge in [-0.05, 0) is 39.0 Å². The third kappa shape index (κ3) is 4.50. The van der Waals surface area contributed by atoms with Gasteiger partial charge >= 0.3 is 5.97 Å². The second kappa shape index (κ2) is 5.80. The van der Waals surface area contributed by atoms with Crippen molar-refractivity contribution in [1.82, 2.24) is 4.31 Å². The van der Waals surface area contributed by atoms with Crippen molar-refractivity contribution in [2.75, 3.05) is 19.3 Å². The molecule has 0 fully saturated rings. The number of nitrogen functional groups attached to an aromatic ring is 1. The molecule has 0 saturated carbocycles. The molecule has 1 rings (SSSR count). The lowest BCUT2D eigenvalue weighted by Crippen LogP contribution is -2.36. The fourth-order valence-corrected chi connectivity index (χ4v) is 2.67. The normalized spacial score (nSPS) is 12.4. The van der Waals surface area contributed by atoms with Crippen LogP contribution in [-0.2, 0) is 19.6 Å². The van der Waals surface area contributed by atoms with Gasteiger partial charge in [0.2, 0.25) is 10.0 Å².